The molecule has 0 aliphatic heterocycles. The minimum absolute atomic E-state index is 0.0707. The van der Waals surface area contributed by atoms with Gasteiger partial charge in [-0.3, -0.25) is 4.79 Å². The Morgan fingerprint density at radius 1 is 1.57 bits per heavy atom. The number of carbonyl (C=O) groups excluding carboxylic acids is 1. The summed E-state index contributed by atoms with van der Waals surface area (Å²) in [7, 11) is -0.714. The van der Waals surface area contributed by atoms with Crippen LogP contribution in [0.25, 0.3) is 0 Å². The lowest BCUT2D eigenvalue weighted by Gasteiger charge is -1.98. The molecule has 1 aromatic rings. The van der Waals surface area contributed by atoms with E-state index in [4.69, 9.17) is 5.14 Å². The number of nitrogens with two attached hydrogens (primary N) is 1. The SMILES string of the molecule is CNC(=O)c1cc(S(N)(=O)=O)cn1C. The predicted molar refractivity (Wildman–Crippen MR) is 50.2 cm³/mol. The highest BCUT2D eigenvalue weighted by Gasteiger charge is 2.16. The van der Waals surface area contributed by atoms with E-state index < -0.39 is 10.0 Å². The first-order chi connectivity index (χ1) is 6.36. The largest absolute Gasteiger partial charge is 0.354 e. The lowest BCUT2D eigenvalue weighted by atomic mass is 10.4. The maximum absolute atomic E-state index is 11.2. The van der Waals surface area contributed by atoms with E-state index in [-0.39, 0.29) is 16.5 Å². The summed E-state index contributed by atoms with van der Waals surface area (Å²) in [6, 6.07) is 1.23. The number of hydrogen-bond acceptors (Lipinski definition) is 3. The second-order valence-corrected chi connectivity index (χ2v) is 4.36. The molecule has 0 radical (unpaired) electrons. The molecule has 3 N–H and O–H groups in total. The summed E-state index contributed by atoms with van der Waals surface area (Å²) in [6.45, 7) is 0. The second kappa shape index (κ2) is 3.43. The number of sulfonamides is 1. The monoisotopic (exact) mass is 217 g/mol. The molecule has 14 heavy (non-hydrogen) atoms. The molecule has 0 aliphatic carbocycles. The van der Waals surface area contributed by atoms with Crippen molar-refractivity contribution in [3.8, 4) is 0 Å². The van der Waals surface area contributed by atoms with Crippen LogP contribution in [-0.4, -0.2) is 25.9 Å². The van der Waals surface area contributed by atoms with Crippen LogP contribution < -0.4 is 10.5 Å². The number of nitrogens with zero attached hydrogens (tertiary/aromatic N) is 1. The van der Waals surface area contributed by atoms with Gasteiger partial charge in [0.2, 0.25) is 10.0 Å². The molecule has 6 nitrogen and oxygen atoms in total. The van der Waals surface area contributed by atoms with Crippen molar-refractivity contribution in [2.24, 2.45) is 12.2 Å². The number of carbonyl (C=O) groups is 1. The van der Waals surface area contributed by atoms with Gasteiger partial charge in [0.05, 0.1) is 0 Å². The third kappa shape index (κ3) is 1.94. The van der Waals surface area contributed by atoms with Gasteiger partial charge in [-0.1, -0.05) is 0 Å². The summed E-state index contributed by atoms with van der Waals surface area (Å²) in [5, 5.41) is 7.30. The van der Waals surface area contributed by atoms with Crippen LogP contribution >= 0.6 is 0 Å². The van der Waals surface area contributed by atoms with E-state index >= 15 is 0 Å². The average Bonchev–Trinajstić information content (AvgIpc) is 2.45. The molecule has 0 saturated heterocycles. The van der Waals surface area contributed by atoms with Gasteiger partial charge in [-0.15, -0.1) is 0 Å². The molecule has 0 spiro atoms. The molecule has 0 atom stereocenters. The van der Waals surface area contributed by atoms with Gasteiger partial charge >= 0.3 is 0 Å². The zero-order valence-electron chi connectivity index (χ0n) is 7.81. The Morgan fingerprint density at radius 3 is 2.50 bits per heavy atom. The third-order valence-corrected chi connectivity index (χ3v) is 2.65. The van der Waals surface area contributed by atoms with Crippen LogP contribution in [-0.2, 0) is 17.1 Å². The molecule has 0 bridgehead atoms. The smallest absolute Gasteiger partial charge is 0.267 e. The van der Waals surface area contributed by atoms with Gasteiger partial charge in [0.15, 0.2) is 0 Å². The zero-order valence-corrected chi connectivity index (χ0v) is 8.63. The summed E-state index contributed by atoms with van der Waals surface area (Å²) in [5.41, 5.74) is 0.247. The summed E-state index contributed by atoms with van der Waals surface area (Å²) < 4.78 is 23.3. The minimum Gasteiger partial charge on any atom is -0.354 e. The van der Waals surface area contributed by atoms with Crippen molar-refractivity contribution in [2.45, 2.75) is 4.90 Å². The van der Waals surface area contributed by atoms with Crippen molar-refractivity contribution in [1.29, 1.82) is 0 Å². The molecule has 1 heterocycles. The lowest BCUT2D eigenvalue weighted by molar-refractivity contribution is 0.0955. The van der Waals surface area contributed by atoms with E-state index in [1.807, 2.05) is 0 Å². The normalized spacial score (nSPS) is 11.4. The first-order valence-corrected chi connectivity index (χ1v) is 5.32. The fraction of sp³-hybridized carbons (Fsp3) is 0.286. The van der Waals surface area contributed by atoms with Crippen LogP contribution in [0.1, 0.15) is 10.5 Å². The van der Waals surface area contributed by atoms with E-state index in [2.05, 4.69) is 5.32 Å². The number of amides is 1. The first-order valence-electron chi connectivity index (χ1n) is 3.77. The molecule has 0 saturated carbocycles. The van der Waals surface area contributed by atoms with E-state index in [9.17, 15) is 13.2 Å². The molecule has 78 valence electrons. The third-order valence-electron chi connectivity index (χ3n) is 1.77. The van der Waals surface area contributed by atoms with Crippen molar-refractivity contribution in [2.75, 3.05) is 7.05 Å². The number of nitrogens with one attached hydrogen (secondary N) is 1. The maximum atomic E-state index is 11.2. The Bertz CT molecular complexity index is 461. The van der Waals surface area contributed by atoms with Crippen LogP contribution in [0.2, 0.25) is 0 Å². The quantitative estimate of drug-likeness (QED) is 0.667. The summed E-state index contributed by atoms with van der Waals surface area (Å²) >= 11 is 0. The zero-order chi connectivity index (χ0) is 10.9. The van der Waals surface area contributed by atoms with Crippen molar-refractivity contribution in [3.63, 3.8) is 0 Å². The fourth-order valence-electron chi connectivity index (χ4n) is 1.04. The highest BCUT2D eigenvalue weighted by Crippen LogP contribution is 2.11. The molecule has 1 aromatic heterocycles. The number of aryl methyl sites for hydroxylation is 1. The Kier molecular flexibility index (Phi) is 2.63. The standard InChI is InChI=1S/C7H11N3O3S/c1-9-7(11)6-3-5(4-10(6)2)14(8,12)13/h3-4H,1-2H3,(H,9,11)(H2,8,12,13). The summed E-state index contributed by atoms with van der Waals surface area (Å²) in [5.74, 6) is -0.359. The number of rotatable bonds is 2. The molecular formula is C7H11N3O3S. The van der Waals surface area contributed by atoms with Crippen LogP contribution in [0.4, 0.5) is 0 Å². The highest BCUT2D eigenvalue weighted by atomic mass is 32.2. The Morgan fingerprint density at radius 2 is 2.14 bits per heavy atom. The van der Waals surface area contributed by atoms with Crippen molar-refractivity contribution < 1.29 is 13.2 Å². The summed E-state index contributed by atoms with van der Waals surface area (Å²) in [4.78, 5) is 11.1. The highest BCUT2D eigenvalue weighted by molar-refractivity contribution is 7.89. The van der Waals surface area contributed by atoms with E-state index in [0.29, 0.717) is 0 Å². The molecule has 0 aromatic carbocycles. The Labute approximate surface area is 81.8 Å². The van der Waals surface area contributed by atoms with Crippen molar-refractivity contribution in [1.82, 2.24) is 9.88 Å². The van der Waals surface area contributed by atoms with Gasteiger partial charge in [0.25, 0.3) is 5.91 Å². The number of aromatic nitrogens is 1. The molecule has 0 unspecified atom stereocenters. The van der Waals surface area contributed by atoms with Gasteiger partial charge in [-0.05, 0) is 6.07 Å². The minimum atomic E-state index is -3.75. The van der Waals surface area contributed by atoms with E-state index in [1.54, 1.807) is 7.05 Å². The Balaban J connectivity index is 3.25. The molecule has 1 rings (SSSR count). The van der Waals surface area contributed by atoms with Crippen molar-refractivity contribution >= 4 is 15.9 Å². The van der Waals surface area contributed by atoms with Crippen LogP contribution in [0, 0.1) is 0 Å². The molecule has 0 aliphatic rings. The lowest BCUT2D eigenvalue weighted by Crippen LogP contribution is -2.20. The predicted octanol–water partition coefficient (Wildman–Crippen LogP) is -0.968. The van der Waals surface area contributed by atoms with Gasteiger partial charge in [-0.2, -0.15) is 0 Å². The first kappa shape index (κ1) is 10.7. The van der Waals surface area contributed by atoms with Crippen LogP contribution in [0.3, 0.4) is 0 Å². The topological polar surface area (TPSA) is 94.2 Å². The summed E-state index contributed by atoms with van der Waals surface area (Å²) in [6.07, 6.45) is 1.29. The van der Waals surface area contributed by atoms with E-state index in [0.717, 1.165) is 0 Å². The van der Waals surface area contributed by atoms with Crippen molar-refractivity contribution in [3.05, 3.63) is 18.0 Å². The fourth-order valence-corrected chi connectivity index (χ4v) is 1.62. The molecule has 0 fully saturated rings. The second-order valence-electron chi connectivity index (χ2n) is 2.80. The average molecular weight is 217 g/mol. The maximum Gasteiger partial charge on any atom is 0.267 e. The van der Waals surface area contributed by atoms with Gasteiger partial charge in [0.1, 0.15) is 10.6 Å². The number of primary sulfonamides is 1. The van der Waals surface area contributed by atoms with Gasteiger partial charge in [-0.25, -0.2) is 13.6 Å². The van der Waals surface area contributed by atoms with Gasteiger partial charge in [0, 0.05) is 20.3 Å². The Hall–Kier alpha value is -1.34. The van der Waals surface area contributed by atoms with Gasteiger partial charge < -0.3 is 9.88 Å². The molecule has 1 amide bonds. The molecular weight excluding hydrogens is 206 g/mol. The van der Waals surface area contributed by atoms with Crippen LogP contribution in [0.15, 0.2) is 17.2 Å². The number of hydrogen-bond donors (Lipinski definition) is 2. The van der Waals surface area contributed by atoms with Crippen LogP contribution in [0.5, 0.6) is 0 Å². The molecule has 7 heteroatoms. The van der Waals surface area contributed by atoms with E-state index in [1.165, 1.54) is 23.9 Å².